The zero-order valence-electron chi connectivity index (χ0n) is 22.1. The third-order valence-corrected chi connectivity index (χ3v) is 9.80. The molecule has 0 atom stereocenters. The van der Waals surface area contributed by atoms with Gasteiger partial charge in [0.15, 0.2) is 5.17 Å². The van der Waals surface area contributed by atoms with Crippen LogP contribution in [-0.4, -0.2) is 21.5 Å². The summed E-state index contributed by atoms with van der Waals surface area (Å²) in [4.78, 5) is 33.0. The fourth-order valence-electron chi connectivity index (χ4n) is 5.16. The Morgan fingerprint density at radius 2 is 1.82 bits per heavy atom. The van der Waals surface area contributed by atoms with Crippen LogP contribution in [0.4, 0.5) is 11.4 Å². The molecule has 1 aliphatic carbocycles. The zero-order valence-corrected chi connectivity index (χ0v) is 25.3. The standard InChI is InChI=1S/C31H27BrN4O2S2/c1-18-16-20(17-26-28(37)35-31(40-26)34-23-14-12-21(32)13-15-23)19(2)36(18)30-27(24-10-6-7-11-25(24)39-30)29(38)33-22-8-4-3-5-9-22/h3-5,8-9,12-17H,6-7,10-11H2,1-2H3,(H,33,38)(H,34,35,37)/b26-17-. The molecule has 2 aromatic carbocycles. The van der Waals surface area contributed by atoms with Crippen molar-refractivity contribution in [1.29, 1.82) is 0 Å². The summed E-state index contributed by atoms with van der Waals surface area (Å²) in [6.45, 7) is 4.10. The largest absolute Gasteiger partial charge is 0.322 e. The Hall–Kier alpha value is -3.40. The predicted octanol–water partition coefficient (Wildman–Crippen LogP) is 7.94. The molecular formula is C31H27BrN4O2S2. The van der Waals surface area contributed by atoms with Gasteiger partial charge < -0.3 is 15.2 Å². The van der Waals surface area contributed by atoms with Crippen molar-refractivity contribution in [2.24, 2.45) is 4.99 Å². The Balaban J connectivity index is 1.35. The lowest BCUT2D eigenvalue weighted by Crippen LogP contribution is -2.19. The maximum atomic E-state index is 13.7. The van der Waals surface area contributed by atoms with Gasteiger partial charge >= 0.3 is 0 Å². The first kappa shape index (κ1) is 26.8. The number of rotatable bonds is 5. The van der Waals surface area contributed by atoms with E-state index >= 15 is 0 Å². The molecule has 1 fully saturated rings. The molecule has 1 aliphatic heterocycles. The molecule has 9 heteroatoms. The Labute approximate surface area is 249 Å². The van der Waals surface area contributed by atoms with Crippen LogP contribution in [0.25, 0.3) is 11.1 Å². The molecule has 2 aromatic heterocycles. The highest BCUT2D eigenvalue weighted by atomic mass is 79.9. The number of para-hydroxylation sites is 1. The second kappa shape index (κ2) is 11.2. The van der Waals surface area contributed by atoms with E-state index in [-0.39, 0.29) is 11.8 Å². The molecule has 0 spiro atoms. The van der Waals surface area contributed by atoms with Crippen LogP contribution in [0.15, 0.2) is 75.0 Å². The van der Waals surface area contributed by atoms with Gasteiger partial charge in [-0.15, -0.1) is 11.3 Å². The van der Waals surface area contributed by atoms with Crippen LogP contribution in [0.3, 0.4) is 0 Å². The van der Waals surface area contributed by atoms with Crippen LogP contribution in [0.2, 0.25) is 0 Å². The summed E-state index contributed by atoms with van der Waals surface area (Å²) >= 11 is 6.48. The fraction of sp³-hybridized carbons (Fsp3) is 0.194. The second-order valence-electron chi connectivity index (χ2n) is 9.83. The second-order valence-corrected chi connectivity index (χ2v) is 12.9. The Morgan fingerprint density at radius 3 is 2.60 bits per heavy atom. The molecule has 202 valence electrons. The van der Waals surface area contributed by atoms with E-state index in [0.29, 0.717) is 10.1 Å². The van der Waals surface area contributed by atoms with E-state index < -0.39 is 0 Å². The van der Waals surface area contributed by atoms with E-state index in [1.807, 2.05) is 67.6 Å². The van der Waals surface area contributed by atoms with Gasteiger partial charge in [0.25, 0.3) is 11.8 Å². The Bertz CT molecular complexity index is 1680. The van der Waals surface area contributed by atoms with Gasteiger partial charge in [-0.25, -0.2) is 4.99 Å². The molecule has 2 aliphatic rings. The van der Waals surface area contributed by atoms with E-state index in [1.165, 1.54) is 22.2 Å². The molecule has 0 bridgehead atoms. The van der Waals surface area contributed by atoms with Gasteiger partial charge in [0, 0.05) is 26.4 Å². The average Bonchev–Trinajstić information content (AvgIpc) is 3.58. The molecule has 2 N–H and O–H groups in total. The average molecular weight is 632 g/mol. The van der Waals surface area contributed by atoms with Crippen LogP contribution >= 0.6 is 39.0 Å². The molecule has 0 unspecified atom stereocenters. The highest BCUT2D eigenvalue weighted by Crippen LogP contribution is 2.40. The number of amidine groups is 1. The molecule has 6 rings (SSSR count). The van der Waals surface area contributed by atoms with Gasteiger partial charge in [-0.05, 0) is 111 Å². The summed E-state index contributed by atoms with van der Waals surface area (Å²) in [6, 6.07) is 19.3. The Kier molecular flexibility index (Phi) is 7.53. The van der Waals surface area contributed by atoms with Crippen molar-refractivity contribution < 1.29 is 9.59 Å². The van der Waals surface area contributed by atoms with Gasteiger partial charge in [0.05, 0.1) is 16.2 Å². The molecular weight excluding hydrogens is 604 g/mol. The van der Waals surface area contributed by atoms with Crippen LogP contribution in [0.1, 0.15) is 50.6 Å². The molecule has 40 heavy (non-hydrogen) atoms. The number of nitrogens with one attached hydrogen (secondary N) is 2. The number of thiophene rings is 1. The first-order valence-corrected chi connectivity index (χ1v) is 15.6. The van der Waals surface area contributed by atoms with Crippen LogP contribution in [-0.2, 0) is 17.6 Å². The summed E-state index contributed by atoms with van der Waals surface area (Å²) < 4.78 is 3.15. The van der Waals surface area contributed by atoms with Gasteiger partial charge in [-0.3, -0.25) is 9.59 Å². The highest BCUT2D eigenvalue weighted by Gasteiger charge is 2.29. The van der Waals surface area contributed by atoms with Crippen molar-refractivity contribution in [2.75, 3.05) is 5.32 Å². The van der Waals surface area contributed by atoms with Crippen LogP contribution < -0.4 is 10.6 Å². The number of aliphatic imine (C=N–C) groups is 1. The van der Waals surface area contributed by atoms with Crippen molar-refractivity contribution in [1.82, 2.24) is 9.88 Å². The number of amides is 2. The third-order valence-electron chi connectivity index (χ3n) is 7.08. The van der Waals surface area contributed by atoms with Gasteiger partial charge in [0.1, 0.15) is 5.00 Å². The first-order chi connectivity index (χ1) is 19.4. The smallest absolute Gasteiger partial charge is 0.264 e. The lowest BCUT2D eigenvalue weighted by atomic mass is 9.95. The van der Waals surface area contributed by atoms with Crippen molar-refractivity contribution in [3.05, 3.63) is 103 Å². The highest BCUT2D eigenvalue weighted by molar-refractivity contribution is 9.10. The lowest BCUT2D eigenvalue weighted by molar-refractivity contribution is -0.115. The minimum absolute atomic E-state index is 0.0764. The maximum absolute atomic E-state index is 13.7. The molecule has 0 saturated carbocycles. The number of carbonyl (C=O) groups excluding carboxylic acids is 2. The molecule has 0 radical (unpaired) electrons. The van der Waals surface area contributed by atoms with Gasteiger partial charge in [0.2, 0.25) is 0 Å². The number of anilines is 1. The monoisotopic (exact) mass is 630 g/mol. The number of halogens is 1. The van der Waals surface area contributed by atoms with Crippen molar-refractivity contribution in [3.8, 4) is 5.00 Å². The number of thioether (sulfide) groups is 1. The third kappa shape index (κ3) is 5.33. The summed E-state index contributed by atoms with van der Waals surface area (Å²) in [6.07, 6.45) is 6.06. The maximum Gasteiger partial charge on any atom is 0.264 e. The fourth-order valence-corrected chi connectivity index (χ4v) is 7.75. The number of fused-ring (bicyclic) bond motifs is 1. The number of hydrogen-bond acceptors (Lipinski definition) is 5. The molecule has 2 amide bonds. The first-order valence-electron chi connectivity index (χ1n) is 13.1. The predicted molar refractivity (Wildman–Crippen MR) is 169 cm³/mol. The van der Waals surface area contributed by atoms with E-state index in [1.54, 1.807) is 11.3 Å². The van der Waals surface area contributed by atoms with Gasteiger partial charge in [-0.1, -0.05) is 34.1 Å². The number of benzene rings is 2. The SMILES string of the molecule is Cc1cc(/C=C2\SC(=Nc3ccc(Br)cc3)NC2=O)c(C)n1-c1sc2c(c1C(=O)Nc1ccccc1)CCCC2. The van der Waals surface area contributed by atoms with Crippen molar-refractivity contribution >= 4 is 73.5 Å². The van der Waals surface area contributed by atoms with Crippen LogP contribution in [0.5, 0.6) is 0 Å². The van der Waals surface area contributed by atoms with Crippen LogP contribution in [0, 0.1) is 13.8 Å². The topological polar surface area (TPSA) is 75.5 Å². The molecule has 6 nitrogen and oxygen atoms in total. The van der Waals surface area contributed by atoms with Crippen molar-refractivity contribution in [2.45, 2.75) is 39.5 Å². The molecule has 3 heterocycles. The zero-order chi connectivity index (χ0) is 27.8. The van der Waals surface area contributed by atoms with E-state index in [0.717, 1.165) is 69.0 Å². The lowest BCUT2D eigenvalue weighted by Gasteiger charge is -2.14. The normalized spacial score (nSPS) is 16.8. The van der Waals surface area contributed by atoms with Gasteiger partial charge in [-0.2, -0.15) is 0 Å². The summed E-state index contributed by atoms with van der Waals surface area (Å²) in [7, 11) is 0. The quantitative estimate of drug-likeness (QED) is 0.220. The summed E-state index contributed by atoms with van der Waals surface area (Å²) in [5.41, 5.74) is 6.45. The Morgan fingerprint density at radius 1 is 1.07 bits per heavy atom. The number of carbonyl (C=O) groups is 2. The molecule has 1 saturated heterocycles. The number of nitrogens with zero attached hydrogens (tertiary/aromatic N) is 2. The van der Waals surface area contributed by atoms with E-state index in [9.17, 15) is 9.59 Å². The van der Waals surface area contributed by atoms with E-state index in [2.05, 4.69) is 49.1 Å². The number of aromatic nitrogens is 1. The number of hydrogen-bond donors (Lipinski definition) is 2. The minimum atomic E-state index is -0.166. The summed E-state index contributed by atoms with van der Waals surface area (Å²) in [5.74, 6) is -0.243. The minimum Gasteiger partial charge on any atom is -0.322 e. The number of aryl methyl sites for hydroxylation is 2. The summed E-state index contributed by atoms with van der Waals surface area (Å²) in [5, 5.41) is 7.49. The van der Waals surface area contributed by atoms with Crippen molar-refractivity contribution in [3.63, 3.8) is 0 Å². The molecule has 4 aromatic rings. The van der Waals surface area contributed by atoms with E-state index in [4.69, 9.17) is 0 Å².